The van der Waals surface area contributed by atoms with Gasteiger partial charge in [0.25, 0.3) is 15.9 Å². The molecule has 0 atom stereocenters. The number of hydrogen-bond donors (Lipinski definition) is 1. The van der Waals surface area contributed by atoms with Gasteiger partial charge in [-0.3, -0.25) is 9.10 Å². The highest BCUT2D eigenvalue weighted by molar-refractivity contribution is 7.92. The molecule has 1 aromatic heterocycles. The van der Waals surface area contributed by atoms with E-state index in [1.807, 2.05) is 50.2 Å². The van der Waals surface area contributed by atoms with Crippen molar-refractivity contribution in [1.82, 2.24) is 9.99 Å². The van der Waals surface area contributed by atoms with Gasteiger partial charge in [0, 0.05) is 28.7 Å². The Kier molecular flexibility index (Phi) is 8.36. The number of nitrogens with one attached hydrogen (secondary N) is 1. The van der Waals surface area contributed by atoms with Gasteiger partial charge in [0.1, 0.15) is 6.54 Å². The molecule has 0 spiro atoms. The minimum absolute atomic E-state index is 0.0475. The lowest BCUT2D eigenvalue weighted by atomic mass is 10.2. The number of carbonyl (C=O) groups excluding carboxylic acids is 1. The second-order valence-electron chi connectivity index (χ2n) is 8.65. The van der Waals surface area contributed by atoms with Gasteiger partial charge in [0.15, 0.2) is 11.5 Å². The molecule has 9 nitrogen and oxygen atoms in total. The van der Waals surface area contributed by atoms with Crippen LogP contribution in [0.15, 0.2) is 94.9 Å². The molecule has 0 fully saturated rings. The first kappa shape index (κ1) is 27.5. The maximum absolute atomic E-state index is 13.7. The van der Waals surface area contributed by atoms with E-state index in [2.05, 4.69) is 15.1 Å². The van der Waals surface area contributed by atoms with Crippen LogP contribution in [0.25, 0.3) is 5.69 Å². The molecule has 0 unspecified atom stereocenters. The van der Waals surface area contributed by atoms with E-state index in [4.69, 9.17) is 9.47 Å². The molecule has 4 rings (SSSR count). The molecule has 0 radical (unpaired) electrons. The molecule has 10 heteroatoms. The second-order valence-corrected chi connectivity index (χ2v) is 10.5. The Morgan fingerprint density at radius 3 is 2.21 bits per heavy atom. The van der Waals surface area contributed by atoms with Crippen LogP contribution in [0.4, 0.5) is 5.69 Å². The molecule has 202 valence electrons. The van der Waals surface area contributed by atoms with E-state index >= 15 is 0 Å². The molecule has 1 heterocycles. The molecule has 0 aliphatic heterocycles. The Morgan fingerprint density at radius 2 is 1.56 bits per heavy atom. The smallest absolute Gasteiger partial charge is 0.264 e. The van der Waals surface area contributed by atoms with Crippen LogP contribution < -0.4 is 19.2 Å². The fourth-order valence-corrected chi connectivity index (χ4v) is 5.68. The maximum Gasteiger partial charge on any atom is 0.264 e. The van der Waals surface area contributed by atoms with Crippen molar-refractivity contribution in [2.45, 2.75) is 18.7 Å². The van der Waals surface area contributed by atoms with Crippen molar-refractivity contribution in [3.05, 3.63) is 102 Å². The number of aromatic nitrogens is 1. The molecule has 39 heavy (non-hydrogen) atoms. The number of anilines is 1. The van der Waals surface area contributed by atoms with Crippen LogP contribution in [0.5, 0.6) is 11.5 Å². The zero-order valence-electron chi connectivity index (χ0n) is 22.2. The van der Waals surface area contributed by atoms with Gasteiger partial charge in [-0.05, 0) is 56.3 Å². The van der Waals surface area contributed by atoms with E-state index in [9.17, 15) is 13.2 Å². The highest BCUT2D eigenvalue weighted by Crippen LogP contribution is 2.32. The van der Waals surface area contributed by atoms with Gasteiger partial charge < -0.3 is 14.0 Å². The number of methoxy groups -OCH3 is 2. The minimum Gasteiger partial charge on any atom is -0.493 e. The minimum atomic E-state index is -4.14. The van der Waals surface area contributed by atoms with Crippen LogP contribution in [0.2, 0.25) is 0 Å². The van der Waals surface area contributed by atoms with Crippen molar-refractivity contribution >= 4 is 27.8 Å². The fraction of sp³-hybridized carbons (Fsp3) is 0.172. The number of nitrogens with zero attached hydrogens (tertiary/aromatic N) is 3. The zero-order valence-corrected chi connectivity index (χ0v) is 23.0. The van der Waals surface area contributed by atoms with Crippen LogP contribution in [-0.4, -0.2) is 45.9 Å². The first-order chi connectivity index (χ1) is 18.8. The molecule has 0 saturated carbocycles. The molecule has 4 aromatic rings. The summed E-state index contributed by atoms with van der Waals surface area (Å²) in [7, 11) is -1.25. The Hall–Kier alpha value is -4.57. The average molecular weight is 547 g/mol. The molecule has 0 aliphatic carbocycles. The highest BCUT2D eigenvalue weighted by Gasteiger charge is 2.28. The summed E-state index contributed by atoms with van der Waals surface area (Å²) < 4.78 is 40.9. The number of benzene rings is 3. The molecule has 0 aliphatic rings. The van der Waals surface area contributed by atoms with Crippen LogP contribution in [0.1, 0.15) is 17.0 Å². The molecule has 1 N–H and O–H groups in total. The van der Waals surface area contributed by atoms with Crippen LogP contribution in [0.3, 0.4) is 0 Å². The Labute approximate surface area is 228 Å². The largest absolute Gasteiger partial charge is 0.493 e. The summed E-state index contributed by atoms with van der Waals surface area (Å²) in [6.07, 6.45) is 1.55. The third kappa shape index (κ3) is 5.96. The summed E-state index contributed by atoms with van der Waals surface area (Å²) in [6.45, 7) is 3.48. The first-order valence-electron chi connectivity index (χ1n) is 12.1. The number of aryl methyl sites for hydroxylation is 1. The summed E-state index contributed by atoms with van der Waals surface area (Å²) >= 11 is 0. The van der Waals surface area contributed by atoms with Crippen LogP contribution in [0, 0.1) is 13.8 Å². The number of amides is 1. The topological polar surface area (TPSA) is 102 Å². The summed E-state index contributed by atoms with van der Waals surface area (Å²) in [5.41, 5.74) is 6.62. The fourth-order valence-electron chi connectivity index (χ4n) is 4.25. The second kappa shape index (κ2) is 11.9. The van der Waals surface area contributed by atoms with E-state index in [0.717, 1.165) is 26.9 Å². The van der Waals surface area contributed by atoms with Crippen LogP contribution >= 0.6 is 0 Å². The van der Waals surface area contributed by atoms with Crippen molar-refractivity contribution in [2.75, 3.05) is 25.1 Å². The Morgan fingerprint density at radius 1 is 0.923 bits per heavy atom. The monoisotopic (exact) mass is 546 g/mol. The van der Waals surface area contributed by atoms with Gasteiger partial charge in [-0.1, -0.05) is 36.4 Å². The quantitative estimate of drug-likeness (QED) is 0.234. The van der Waals surface area contributed by atoms with Crippen molar-refractivity contribution in [2.24, 2.45) is 5.10 Å². The molecular weight excluding hydrogens is 516 g/mol. The lowest BCUT2D eigenvalue weighted by molar-refractivity contribution is -0.119. The van der Waals surface area contributed by atoms with Crippen molar-refractivity contribution in [3.63, 3.8) is 0 Å². The summed E-state index contributed by atoms with van der Waals surface area (Å²) in [5.74, 6) is 0.0474. The SMILES string of the molecule is COc1ccc(S(=O)(=O)N(CC(=O)N/N=C\c2cc(C)n(-c3ccccc3)c2C)c2ccccc2)cc1OC. The number of ether oxygens (including phenoxy) is 2. The number of rotatable bonds is 10. The van der Waals surface area contributed by atoms with Crippen molar-refractivity contribution in [1.29, 1.82) is 0 Å². The normalized spacial score (nSPS) is 11.4. The lowest BCUT2D eigenvalue weighted by Crippen LogP contribution is -2.39. The summed E-state index contributed by atoms with van der Waals surface area (Å²) in [6, 6.07) is 24.6. The third-order valence-corrected chi connectivity index (χ3v) is 7.92. The number of hydrazone groups is 1. The molecule has 0 saturated heterocycles. The van der Waals surface area contributed by atoms with Crippen LogP contribution in [-0.2, 0) is 14.8 Å². The van der Waals surface area contributed by atoms with Crippen molar-refractivity contribution < 1.29 is 22.7 Å². The predicted octanol–water partition coefficient (Wildman–Crippen LogP) is 4.46. The third-order valence-electron chi connectivity index (χ3n) is 6.15. The molecular formula is C29H30N4O5S. The highest BCUT2D eigenvalue weighted by atomic mass is 32.2. The summed E-state index contributed by atoms with van der Waals surface area (Å²) in [4.78, 5) is 12.9. The maximum atomic E-state index is 13.7. The molecule has 0 bridgehead atoms. The molecule has 3 aromatic carbocycles. The van der Waals surface area contributed by atoms with E-state index in [0.29, 0.717) is 11.4 Å². The number of para-hydroxylation sites is 2. The first-order valence-corrected chi connectivity index (χ1v) is 13.6. The van der Waals surface area contributed by atoms with E-state index in [-0.39, 0.29) is 10.6 Å². The zero-order chi connectivity index (χ0) is 28.0. The number of carbonyl (C=O) groups is 1. The van der Waals surface area contributed by atoms with Crippen molar-refractivity contribution in [3.8, 4) is 17.2 Å². The Balaban J connectivity index is 1.56. The summed E-state index contributed by atoms with van der Waals surface area (Å²) in [5, 5.41) is 4.11. The van der Waals surface area contributed by atoms with Gasteiger partial charge in [-0.2, -0.15) is 5.10 Å². The standard InChI is InChI=1S/C29H30N4O5S/c1-21-17-23(22(2)33(21)25-13-9-6-10-14-25)19-30-31-29(34)20-32(24-11-7-5-8-12-24)39(35,36)26-15-16-27(37-3)28(18-26)38-4/h5-19H,20H2,1-4H3,(H,31,34)/b30-19-. The van der Waals surface area contributed by atoms with Gasteiger partial charge in [-0.15, -0.1) is 0 Å². The molecule has 1 amide bonds. The van der Waals surface area contributed by atoms with Gasteiger partial charge in [0.05, 0.1) is 31.0 Å². The number of hydrogen-bond acceptors (Lipinski definition) is 6. The van der Waals surface area contributed by atoms with E-state index in [1.54, 1.807) is 36.5 Å². The van der Waals surface area contributed by atoms with Gasteiger partial charge >= 0.3 is 0 Å². The van der Waals surface area contributed by atoms with Gasteiger partial charge in [-0.25, -0.2) is 13.8 Å². The van der Waals surface area contributed by atoms with E-state index < -0.39 is 22.5 Å². The predicted molar refractivity (Wildman–Crippen MR) is 151 cm³/mol. The number of sulfonamides is 1. The average Bonchev–Trinajstić information content (AvgIpc) is 3.24. The Bertz CT molecular complexity index is 1580. The van der Waals surface area contributed by atoms with Gasteiger partial charge in [0.2, 0.25) is 0 Å². The van der Waals surface area contributed by atoms with E-state index in [1.165, 1.54) is 32.4 Å². The lowest BCUT2D eigenvalue weighted by Gasteiger charge is -2.24.